The maximum absolute atomic E-state index is 11.6. The first kappa shape index (κ1) is 14.5. The fourth-order valence-corrected chi connectivity index (χ4v) is 2.87. The fraction of sp³-hybridized carbons (Fsp3) is 0.923. The van der Waals surface area contributed by atoms with Gasteiger partial charge in [-0.3, -0.25) is 9.69 Å². The van der Waals surface area contributed by atoms with Crippen LogP contribution in [0.5, 0.6) is 0 Å². The predicted octanol–water partition coefficient (Wildman–Crippen LogP) is 1.24. The fourth-order valence-electron chi connectivity index (χ4n) is 2.87. The zero-order valence-electron chi connectivity index (χ0n) is 11.5. The molecule has 0 aliphatic heterocycles. The van der Waals surface area contributed by atoms with Crippen molar-refractivity contribution in [3.05, 3.63) is 0 Å². The van der Waals surface area contributed by atoms with Crippen LogP contribution in [0.15, 0.2) is 0 Å². The van der Waals surface area contributed by atoms with Crippen LogP contribution in [0.25, 0.3) is 0 Å². The van der Waals surface area contributed by atoms with Crippen molar-refractivity contribution in [1.29, 1.82) is 0 Å². The molecule has 0 aromatic rings. The third-order valence-electron chi connectivity index (χ3n) is 4.38. The van der Waals surface area contributed by atoms with E-state index in [2.05, 4.69) is 18.9 Å². The summed E-state index contributed by atoms with van der Waals surface area (Å²) in [5, 5.41) is 0. The number of esters is 1. The van der Waals surface area contributed by atoms with E-state index < -0.39 is 0 Å². The second-order valence-electron chi connectivity index (χ2n) is 5.21. The molecule has 1 saturated carbocycles. The van der Waals surface area contributed by atoms with Crippen LogP contribution in [0.4, 0.5) is 0 Å². The lowest BCUT2D eigenvalue weighted by Gasteiger charge is -2.36. The normalized spacial score (nSPS) is 28.1. The summed E-state index contributed by atoms with van der Waals surface area (Å²) in [5.41, 5.74) is 5.81. The Labute approximate surface area is 104 Å². The Morgan fingerprint density at radius 3 is 2.65 bits per heavy atom. The number of methoxy groups -OCH3 is 1. The average Bonchev–Trinajstić information content (AvgIpc) is 2.83. The molecule has 1 rings (SSSR count). The third-order valence-corrected chi connectivity index (χ3v) is 4.38. The molecule has 0 amide bonds. The Morgan fingerprint density at radius 1 is 1.47 bits per heavy atom. The van der Waals surface area contributed by atoms with Crippen molar-refractivity contribution in [3.63, 3.8) is 0 Å². The lowest BCUT2D eigenvalue weighted by molar-refractivity contribution is -0.147. The van der Waals surface area contributed by atoms with Gasteiger partial charge < -0.3 is 10.5 Å². The highest BCUT2D eigenvalue weighted by molar-refractivity contribution is 5.72. The van der Waals surface area contributed by atoms with E-state index in [1.807, 2.05) is 6.92 Å². The molecular weight excluding hydrogens is 216 g/mol. The quantitative estimate of drug-likeness (QED) is 0.737. The lowest BCUT2D eigenvalue weighted by atomic mass is 9.96. The summed E-state index contributed by atoms with van der Waals surface area (Å²) in [6.07, 6.45) is 3.65. The van der Waals surface area contributed by atoms with Gasteiger partial charge in [-0.05, 0) is 39.3 Å². The highest BCUT2D eigenvalue weighted by Gasteiger charge is 2.34. The molecule has 0 aromatic carbocycles. The van der Waals surface area contributed by atoms with Crippen molar-refractivity contribution in [2.24, 2.45) is 17.6 Å². The molecule has 4 unspecified atom stereocenters. The maximum Gasteiger partial charge on any atom is 0.309 e. The number of ether oxygens (including phenoxy) is 1. The third kappa shape index (κ3) is 3.19. The van der Waals surface area contributed by atoms with Gasteiger partial charge >= 0.3 is 5.97 Å². The first-order valence-corrected chi connectivity index (χ1v) is 6.52. The second-order valence-corrected chi connectivity index (χ2v) is 5.21. The van der Waals surface area contributed by atoms with Crippen molar-refractivity contribution in [2.75, 3.05) is 20.7 Å². The van der Waals surface area contributed by atoms with Gasteiger partial charge in [0.05, 0.1) is 13.0 Å². The van der Waals surface area contributed by atoms with E-state index in [0.717, 1.165) is 6.54 Å². The SMILES string of the molecule is COC(=O)C(C)C(C)N(C)C1CCCC1CN. The Balaban J connectivity index is 2.62. The van der Waals surface area contributed by atoms with E-state index in [0.29, 0.717) is 12.0 Å². The van der Waals surface area contributed by atoms with E-state index in [4.69, 9.17) is 10.5 Å². The van der Waals surface area contributed by atoms with Crippen molar-refractivity contribution < 1.29 is 9.53 Å². The smallest absolute Gasteiger partial charge is 0.309 e. The molecule has 100 valence electrons. The largest absolute Gasteiger partial charge is 0.469 e. The van der Waals surface area contributed by atoms with Gasteiger partial charge in [0.25, 0.3) is 0 Å². The summed E-state index contributed by atoms with van der Waals surface area (Å²) in [7, 11) is 3.55. The van der Waals surface area contributed by atoms with Crippen LogP contribution >= 0.6 is 0 Å². The molecule has 1 aliphatic rings. The van der Waals surface area contributed by atoms with Gasteiger partial charge in [0.2, 0.25) is 0 Å². The van der Waals surface area contributed by atoms with Crippen LogP contribution in [0, 0.1) is 11.8 Å². The number of carbonyl (C=O) groups excluding carboxylic acids is 1. The molecular formula is C13H26N2O2. The van der Waals surface area contributed by atoms with Crippen LogP contribution in [-0.2, 0) is 9.53 Å². The topological polar surface area (TPSA) is 55.6 Å². The Bertz CT molecular complexity index is 258. The van der Waals surface area contributed by atoms with Crippen molar-refractivity contribution >= 4 is 5.97 Å². The van der Waals surface area contributed by atoms with Crippen molar-refractivity contribution in [3.8, 4) is 0 Å². The number of nitrogens with two attached hydrogens (primary N) is 1. The molecule has 4 nitrogen and oxygen atoms in total. The van der Waals surface area contributed by atoms with Gasteiger partial charge in [0, 0.05) is 12.1 Å². The number of rotatable bonds is 5. The van der Waals surface area contributed by atoms with Crippen LogP contribution in [0.3, 0.4) is 0 Å². The summed E-state index contributed by atoms with van der Waals surface area (Å²) in [5.74, 6) is 0.350. The first-order valence-electron chi connectivity index (χ1n) is 6.52. The van der Waals surface area contributed by atoms with Crippen LogP contribution < -0.4 is 5.73 Å². The zero-order valence-corrected chi connectivity index (χ0v) is 11.5. The molecule has 1 aliphatic carbocycles. The Kier molecular flexibility index (Phi) is 5.40. The van der Waals surface area contributed by atoms with E-state index in [9.17, 15) is 4.79 Å². The zero-order chi connectivity index (χ0) is 13.0. The van der Waals surface area contributed by atoms with Gasteiger partial charge in [-0.2, -0.15) is 0 Å². The summed E-state index contributed by atoms with van der Waals surface area (Å²) < 4.78 is 4.81. The Hall–Kier alpha value is -0.610. The summed E-state index contributed by atoms with van der Waals surface area (Å²) in [6, 6.07) is 0.710. The molecule has 0 aromatic heterocycles. The van der Waals surface area contributed by atoms with Crippen molar-refractivity contribution in [1.82, 2.24) is 4.90 Å². The van der Waals surface area contributed by atoms with Gasteiger partial charge in [-0.25, -0.2) is 0 Å². The molecule has 0 heterocycles. The first-order chi connectivity index (χ1) is 8.02. The number of carbonyl (C=O) groups is 1. The molecule has 4 heteroatoms. The number of hydrogen-bond donors (Lipinski definition) is 1. The number of nitrogens with zero attached hydrogens (tertiary/aromatic N) is 1. The average molecular weight is 242 g/mol. The van der Waals surface area contributed by atoms with E-state index in [-0.39, 0.29) is 17.9 Å². The van der Waals surface area contributed by atoms with E-state index in [1.54, 1.807) is 0 Å². The minimum absolute atomic E-state index is 0.0935. The van der Waals surface area contributed by atoms with Crippen LogP contribution in [0.2, 0.25) is 0 Å². The molecule has 0 saturated heterocycles. The lowest BCUT2D eigenvalue weighted by Crippen LogP contribution is -2.47. The molecule has 17 heavy (non-hydrogen) atoms. The summed E-state index contributed by atoms with van der Waals surface area (Å²) >= 11 is 0. The van der Waals surface area contributed by atoms with Crippen LogP contribution in [-0.4, -0.2) is 43.7 Å². The highest BCUT2D eigenvalue weighted by Crippen LogP contribution is 2.30. The molecule has 0 bridgehead atoms. The standard InChI is InChI=1S/C13H26N2O2/c1-9(13(16)17-4)10(2)15(3)12-7-5-6-11(12)8-14/h9-12H,5-8,14H2,1-4H3. The molecule has 0 radical (unpaired) electrons. The second kappa shape index (κ2) is 6.36. The maximum atomic E-state index is 11.6. The monoisotopic (exact) mass is 242 g/mol. The summed E-state index contributed by atoms with van der Waals surface area (Å²) in [6.45, 7) is 4.77. The van der Waals surface area contributed by atoms with Gasteiger partial charge in [0.1, 0.15) is 0 Å². The van der Waals surface area contributed by atoms with Gasteiger partial charge in [-0.1, -0.05) is 13.3 Å². The molecule has 4 atom stereocenters. The van der Waals surface area contributed by atoms with E-state index >= 15 is 0 Å². The molecule has 2 N–H and O–H groups in total. The van der Waals surface area contributed by atoms with Gasteiger partial charge in [-0.15, -0.1) is 0 Å². The predicted molar refractivity (Wildman–Crippen MR) is 68.6 cm³/mol. The van der Waals surface area contributed by atoms with Gasteiger partial charge in [0.15, 0.2) is 0 Å². The molecule has 1 fully saturated rings. The van der Waals surface area contributed by atoms with Crippen LogP contribution in [0.1, 0.15) is 33.1 Å². The van der Waals surface area contributed by atoms with Crippen molar-refractivity contribution in [2.45, 2.75) is 45.2 Å². The number of hydrogen-bond acceptors (Lipinski definition) is 4. The minimum Gasteiger partial charge on any atom is -0.469 e. The Morgan fingerprint density at radius 2 is 2.12 bits per heavy atom. The summed E-state index contributed by atoms with van der Waals surface area (Å²) in [4.78, 5) is 13.9. The highest BCUT2D eigenvalue weighted by atomic mass is 16.5. The minimum atomic E-state index is -0.133. The molecule has 0 spiro atoms. The van der Waals surface area contributed by atoms with E-state index in [1.165, 1.54) is 26.4 Å².